The van der Waals surface area contributed by atoms with Crippen LogP contribution in [0.5, 0.6) is 0 Å². The smallest absolute Gasteiger partial charge is 0.180 e. The molecule has 3 aliphatic carbocycles. The van der Waals surface area contributed by atoms with Gasteiger partial charge in [0, 0.05) is 11.5 Å². The highest BCUT2D eigenvalue weighted by molar-refractivity contribution is 8.33. The second kappa shape index (κ2) is 40.4. The third-order valence-corrected chi connectivity index (χ3v) is 16.8. The molecule has 0 saturated heterocycles. The van der Waals surface area contributed by atoms with E-state index < -0.39 is 0 Å². The van der Waals surface area contributed by atoms with E-state index in [0.717, 1.165) is 38.5 Å². The summed E-state index contributed by atoms with van der Waals surface area (Å²) in [6.07, 6.45) is 11.5. The van der Waals surface area contributed by atoms with Gasteiger partial charge in [-0.1, -0.05) is 59.9 Å². The highest BCUT2D eigenvalue weighted by Gasteiger charge is 2.41. The molecule has 0 aromatic rings. The first kappa shape index (κ1) is 58.9. The highest BCUT2D eigenvalue weighted by Crippen LogP contribution is 2.53. The molecule has 0 amide bonds. The van der Waals surface area contributed by atoms with Crippen LogP contribution in [-0.4, -0.2) is 190 Å². The van der Waals surface area contributed by atoms with Crippen molar-refractivity contribution in [3.63, 3.8) is 0 Å². The maximum atomic E-state index is 6.37. The van der Waals surface area contributed by atoms with E-state index in [4.69, 9.17) is 76.1 Å². The van der Waals surface area contributed by atoms with Crippen molar-refractivity contribution in [2.75, 3.05) is 165 Å². The van der Waals surface area contributed by atoms with Gasteiger partial charge in [0.15, 0.2) is 6.79 Å². The van der Waals surface area contributed by atoms with Crippen LogP contribution in [0, 0.1) is 11.8 Å². The standard InChI is InChI=1S/C48H82O16S4/c1-2-49-13-14-50-15-16-51-20-23-56-30-33-61-45-7-3-6-44-43(45)5-4-8-46(44)62-34-31-57-24-21-54-26-28-59-39-63-64-41-11-9-40(10-12-41)60-32-29-55-22-19-52-17-18-53-25-27-58-37-42-38-67-48(68-42)47-65-35-36-66-47/h35-36,38,40-41,43-46H,2-34,37,39H2,1H3. The predicted molar refractivity (Wildman–Crippen MR) is 268 cm³/mol. The summed E-state index contributed by atoms with van der Waals surface area (Å²) in [5.74, 6) is 1.11. The van der Waals surface area contributed by atoms with Gasteiger partial charge in [-0.15, -0.1) is 0 Å². The fourth-order valence-electron chi connectivity index (χ4n) is 8.42. The minimum atomic E-state index is 0.0481. The van der Waals surface area contributed by atoms with Crippen molar-refractivity contribution in [3.8, 4) is 0 Å². The Labute approximate surface area is 423 Å². The van der Waals surface area contributed by atoms with Gasteiger partial charge in [-0.2, -0.15) is 0 Å². The van der Waals surface area contributed by atoms with Crippen molar-refractivity contribution in [1.82, 2.24) is 0 Å². The first-order chi connectivity index (χ1) is 33.8. The molecule has 20 heteroatoms. The molecule has 4 atom stereocenters. The van der Waals surface area contributed by atoms with E-state index in [1.807, 2.05) is 6.92 Å². The van der Waals surface area contributed by atoms with Crippen LogP contribution in [0.1, 0.15) is 71.1 Å². The van der Waals surface area contributed by atoms with Crippen molar-refractivity contribution in [1.29, 1.82) is 0 Å². The maximum Gasteiger partial charge on any atom is 0.180 e. The minimum Gasteiger partial charge on any atom is -0.379 e. The molecule has 16 nitrogen and oxygen atoms in total. The fraction of sp³-hybridized carbons (Fsp3) is 0.875. The average molecular weight is 1040 g/mol. The Kier molecular flexibility index (Phi) is 35.0. The summed E-state index contributed by atoms with van der Waals surface area (Å²) in [4.78, 5) is 12.1. The van der Waals surface area contributed by atoms with Gasteiger partial charge in [-0.05, 0) is 86.4 Å². The first-order valence-electron chi connectivity index (χ1n) is 25.0. The normalized spacial score (nSPS) is 24.0. The topological polar surface area (TPSA) is 148 Å². The number of thioether (sulfide) groups is 4. The SMILES string of the molecule is CCOCCOCCOCCOCCOC1CCCC2C(OCCOCCOCCOCOOC3CCC(OCCOCCOCCOCCOCC4=CSC(=C5SC=CS5)S4)CC3)CCCC12. The number of hydrogen-bond acceptors (Lipinski definition) is 20. The number of hydrogen-bond donors (Lipinski definition) is 0. The van der Waals surface area contributed by atoms with E-state index in [9.17, 15) is 0 Å². The van der Waals surface area contributed by atoms with Crippen molar-refractivity contribution in [3.05, 3.63) is 29.6 Å². The molecule has 2 heterocycles. The molecular formula is C48H82O16S4. The third-order valence-electron chi connectivity index (χ3n) is 11.7. The lowest BCUT2D eigenvalue weighted by Crippen LogP contribution is -2.44. The summed E-state index contributed by atoms with van der Waals surface area (Å²) in [5.41, 5.74) is 0. The second-order valence-corrected chi connectivity index (χ2v) is 20.9. The zero-order valence-electron chi connectivity index (χ0n) is 40.6. The van der Waals surface area contributed by atoms with Crippen LogP contribution < -0.4 is 0 Å². The van der Waals surface area contributed by atoms with E-state index in [1.54, 1.807) is 47.0 Å². The van der Waals surface area contributed by atoms with Gasteiger partial charge in [0.25, 0.3) is 0 Å². The number of ether oxygens (including phenoxy) is 14. The van der Waals surface area contributed by atoms with Gasteiger partial charge in [-0.25, -0.2) is 9.78 Å². The van der Waals surface area contributed by atoms with Crippen molar-refractivity contribution < 1.29 is 76.1 Å². The molecule has 0 aromatic heterocycles. The zero-order chi connectivity index (χ0) is 47.2. The molecule has 4 unspecified atom stereocenters. The summed E-state index contributed by atoms with van der Waals surface area (Å²) in [6, 6.07) is 0. The Morgan fingerprint density at radius 2 is 0.838 bits per heavy atom. The number of fused-ring (bicyclic) bond motifs is 1. The van der Waals surface area contributed by atoms with E-state index >= 15 is 0 Å². The molecule has 5 rings (SSSR count). The quantitative estimate of drug-likeness (QED) is 0.0250. The van der Waals surface area contributed by atoms with Crippen LogP contribution in [0.25, 0.3) is 0 Å². The van der Waals surface area contributed by atoms with Gasteiger partial charge >= 0.3 is 0 Å². The van der Waals surface area contributed by atoms with E-state index in [0.29, 0.717) is 170 Å². The van der Waals surface area contributed by atoms with Crippen LogP contribution >= 0.6 is 47.0 Å². The van der Waals surface area contributed by atoms with Crippen LogP contribution in [0.15, 0.2) is 29.6 Å². The fourth-order valence-corrected chi connectivity index (χ4v) is 12.8. The molecule has 2 aliphatic heterocycles. The van der Waals surface area contributed by atoms with Crippen LogP contribution in [0.3, 0.4) is 0 Å². The Morgan fingerprint density at radius 3 is 1.34 bits per heavy atom. The summed E-state index contributed by atoms with van der Waals surface area (Å²) in [6.45, 7) is 15.5. The van der Waals surface area contributed by atoms with E-state index in [-0.39, 0.29) is 31.2 Å². The highest BCUT2D eigenvalue weighted by atomic mass is 32.2. The van der Waals surface area contributed by atoms with E-state index in [2.05, 4.69) is 16.2 Å². The predicted octanol–water partition coefficient (Wildman–Crippen LogP) is 8.19. The summed E-state index contributed by atoms with van der Waals surface area (Å²) in [7, 11) is 0. The van der Waals surface area contributed by atoms with Crippen LogP contribution in [0.2, 0.25) is 0 Å². The van der Waals surface area contributed by atoms with Gasteiger partial charge in [-0.3, -0.25) is 0 Å². The summed E-state index contributed by atoms with van der Waals surface area (Å²) < 4.78 is 83.0. The molecule has 3 fully saturated rings. The zero-order valence-corrected chi connectivity index (χ0v) is 43.9. The summed E-state index contributed by atoms with van der Waals surface area (Å²) in [5, 5.41) is 6.43. The van der Waals surface area contributed by atoms with Gasteiger partial charge in [0.1, 0.15) is 0 Å². The molecule has 0 bridgehead atoms. The Balaban J connectivity index is 0.707. The molecule has 5 aliphatic rings. The maximum absolute atomic E-state index is 6.37. The lowest BCUT2D eigenvalue weighted by molar-refractivity contribution is -0.365. The summed E-state index contributed by atoms with van der Waals surface area (Å²) >= 11 is 7.16. The van der Waals surface area contributed by atoms with Crippen molar-refractivity contribution >= 4 is 47.0 Å². The second-order valence-electron chi connectivity index (χ2n) is 16.6. The molecular weight excluding hydrogens is 961 g/mol. The molecule has 0 aromatic carbocycles. The molecule has 394 valence electrons. The largest absolute Gasteiger partial charge is 0.379 e. The van der Waals surface area contributed by atoms with Crippen LogP contribution in [0.4, 0.5) is 0 Å². The molecule has 68 heavy (non-hydrogen) atoms. The molecule has 0 spiro atoms. The average Bonchev–Trinajstić information content (AvgIpc) is 4.09. The lowest BCUT2D eigenvalue weighted by Gasteiger charge is -2.45. The monoisotopic (exact) mass is 1040 g/mol. The molecule has 0 radical (unpaired) electrons. The van der Waals surface area contributed by atoms with Crippen molar-refractivity contribution in [2.24, 2.45) is 11.8 Å². The van der Waals surface area contributed by atoms with Crippen molar-refractivity contribution in [2.45, 2.75) is 95.5 Å². The van der Waals surface area contributed by atoms with Crippen LogP contribution in [-0.2, 0) is 76.1 Å². The Hall–Kier alpha value is -0.0200. The Bertz CT molecular complexity index is 1320. The third kappa shape index (κ3) is 26.8. The first-order valence-corrected chi connectivity index (χ1v) is 28.5. The van der Waals surface area contributed by atoms with Gasteiger partial charge in [0.2, 0.25) is 0 Å². The Morgan fingerprint density at radius 1 is 0.412 bits per heavy atom. The lowest BCUT2D eigenvalue weighted by atomic mass is 9.68. The van der Waals surface area contributed by atoms with Gasteiger partial charge in [0.05, 0.1) is 185 Å². The van der Waals surface area contributed by atoms with Gasteiger partial charge < -0.3 is 66.3 Å². The van der Waals surface area contributed by atoms with E-state index in [1.165, 1.54) is 39.1 Å². The number of rotatable bonds is 43. The minimum absolute atomic E-state index is 0.0481. The molecule has 3 saturated carbocycles. The molecule has 0 N–H and O–H groups in total.